The molecule has 6 nitrogen and oxygen atoms in total. The fourth-order valence-electron chi connectivity index (χ4n) is 4.64. The van der Waals surface area contributed by atoms with E-state index in [1.54, 1.807) is 7.11 Å². The van der Waals surface area contributed by atoms with Gasteiger partial charge in [0.2, 0.25) is 5.88 Å². The number of methoxy groups -OCH3 is 1. The molecular weight excluding hydrogens is 376 g/mol. The molecule has 2 aliphatic rings. The van der Waals surface area contributed by atoms with Gasteiger partial charge in [-0.15, -0.1) is 0 Å². The number of fused-ring (bicyclic) bond motifs is 2. The van der Waals surface area contributed by atoms with Crippen LogP contribution in [0.15, 0.2) is 42.5 Å². The van der Waals surface area contributed by atoms with Gasteiger partial charge < -0.3 is 19.3 Å². The molecule has 3 aromatic rings. The number of nitrogens with zero attached hydrogens (tertiary/aromatic N) is 4. The van der Waals surface area contributed by atoms with Crippen LogP contribution in [0.4, 0.5) is 5.69 Å². The number of likely N-dealkylation sites (N-methyl/N-ethyl adjacent to an activating group) is 1. The topological polar surface area (TPSA) is 50.7 Å². The van der Waals surface area contributed by atoms with Gasteiger partial charge in [-0.1, -0.05) is 36.4 Å². The molecule has 0 spiro atoms. The van der Waals surface area contributed by atoms with Crippen molar-refractivity contribution < 1.29 is 9.47 Å². The Labute approximate surface area is 177 Å². The lowest BCUT2D eigenvalue weighted by Gasteiger charge is -2.31. The molecule has 0 unspecified atom stereocenters. The molecule has 2 aliphatic heterocycles. The summed E-state index contributed by atoms with van der Waals surface area (Å²) in [5, 5.41) is 2.52. The highest BCUT2D eigenvalue weighted by molar-refractivity contribution is 5.94. The van der Waals surface area contributed by atoms with Crippen molar-refractivity contribution in [3.8, 4) is 11.9 Å². The highest BCUT2D eigenvalue weighted by atomic mass is 16.5. The Balaban J connectivity index is 1.43. The Morgan fingerprint density at radius 3 is 2.77 bits per heavy atom. The maximum absolute atomic E-state index is 6.22. The Morgan fingerprint density at radius 2 is 1.93 bits per heavy atom. The summed E-state index contributed by atoms with van der Waals surface area (Å²) in [5.41, 5.74) is 3.36. The normalized spacial score (nSPS) is 19.1. The van der Waals surface area contributed by atoms with Gasteiger partial charge in [0.05, 0.1) is 19.3 Å². The van der Waals surface area contributed by atoms with Crippen LogP contribution in [0, 0.1) is 0 Å². The zero-order chi connectivity index (χ0) is 20.5. The van der Waals surface area contributed by atoms with E-state index in [9.17, 15) is 0 Å². The van der Waals surface area contributed by atoms with Crippen molar-refractivity contribution in [2.45, 2.75) is 31.8 Å². The minimum atomic E-state index is 0.378. The van der Waals surface area contributed by atoms with E-state index in [0.717, 1.165) is 37.3 Å². The van der Waals surface area contributed by atoms with Crippen molar-refractivity contribution >= 4 is 16.5 Å². The standard InChI is InChI=1S/C24H28N4O2/c1-27-13-6-9-18(27)16-30-23-20-12-14-28(15-21(20)25-24(26-23)29-2)22-11-5-8-17-7-3-4-10-19(17)22/h3-5,7-8,10-11,18H,6,9,12-16H2,1-2H3/t18-/m0/s1. The molecule has 30 heavy (non-hydrogen) atoms. The summed E-state index contributed by atoms with van der Waals surface area (Å²) < 4.78 is 11.6. The third-order valence-corrected chi connectivity index (χ3v) is 6.38. The molecule has 156 valence electrons. The van der Waals surface area contributed by atoms with Gasteiger partial charge in [-0.2, -0.15) is 9.97 Å². The molecule has 5 rings (SSSR count). The van der Waals surface area contributed by atoms with E-state index in [-0.39, 0.29) is 0 Å². The lowest BCUT2D eigenvalue weighted by molar-refractivity contribution is 0.189. The summed E-state index contributed by atoms with van der Waals surface area (Å²) in [6, 6.07) is 15.8. The van der Waals surface area contributed by atoms with E-state index in [0.29, 0.717) is 24.5 Å². The first-order valence-electron chi connectivity index (χ1n) is 10.7. The minimum Gasteiger partial charge on any atom is -0.476 e. The second-order valence-electron chi connectivity index (χ2n) is 8.20. The molecule has 0 amide bonds. The van der Waals surface area contributed by atoms with Crippen LogP contribution < -0.4 is 14.4 Å². The van der Waals surface area contributed by atoms with Gasteiger partial charge in [-0.3, -0.25) is 0 Å². The summed E-state index contributed by atoms with van der Waals surface area (Å²) >= 11 is 0. The van der Waals surface area contributed by atoms with Gasteiger partial charge in [-0.05, 0) is 44.3 Å². The first-order chi connectivity index (χ1) is 14.7. The number of anilines is 1. The molecule has 0 aliphatic carbocycles. The quantitative estimate of drug-likeness (QED) is 0.647. The van der Waals surface area contributed by atoms with E-state index < -0.39 is 0 Å². The van der Waals surface area contributed by atoms with Gasteiger partial charge in [-0.25, -0.2) is 0 Å². The average molecular weight is 405 g/mol. The Morgan fingerprint density at radius 1 is 1.07 bits per heavy atom. The smallest absolute Gasteiger partial charge is 0.319 e. The molecule has 2 aromatic carbocycles. The number of hydrogen-bond acceptors (Lipinski definition) is 6. The third kappa shape index (κ3) is 3.56. The molecule has 6 heteroatoms. The van der Waals surface area contributed by atoms with Crippen LogP contribution in [0.1, 0.15) is 24.1 Å². The van der Waals surface area contributed by atoms with Crippen molar-refractivity contribution in [1.29, 1.82) is 0 Å². The van der Waals surface area contributed by atoms with Crippen molar-refractivity contribution in [2.75, 3.05) is 38.8 Å². The second kappa shape index (κ2) is 8.11. The van der Waals surface area contributed by atoms with Gasteiger partial charge in [0.25, 0.3) is 0 Å². The Hall–Kier alpha value is -2.86. The van der Waals surface area contributed by atoms with Crippen molar-refractivity contribution in [1.82, 2.24) is 14.9 Å². The van der Waals surface area contributed by atoms with Crippen LogP contribution in [0.2, 0.25) is 0 Å². The Bertz CT molecular complexity index is 1050. The summed E-state index contributed by atoms with van der Waals surface area (Å²) in [7, 11) is 3.78. The van der Waals surface area contributed by atoms with Crippen LogP contribution in [0.25, 0.3) is 10.8 Å². The molecule has 1 aromatic heterocycles. The van der Waals surface area contributed by atoms with Gasteiger partial charge >= 0.3 is 6.01 Å². The molecule has 1 fully saturated rings. The molecule has 1 atom stereocenters. The number of ether oxygens (including phenoxy) is 2. The maximum atomic E-state index is 6.22. The van der Waals surface area contributed by atoms with E-state index in [1.165, 1.54) is 29.3 Å². The van der Waals surface area contributed by atoms with E-state index in [1.807, 2.05) is 0 Å². The van der Waals surface area contributed by atoms with Gasteiger partial charge in [0.1, 0.15) is 6.61 Å². The van der Waals surface area contributed by atoms with Crippen LogP contribution >= 0.6 is 0 Å². The zero-order valence-corrected chi connectivity index (χ0v) is 17.7. The van der Waals surface area contributed by atoms with E-state index >= 15 is 0 Å². The van der Waals surface area contributed by atoms with Crippen molar-refractivity contribution in [3.63, 3.8) is 0 Å². The first-order valence-corrected chi connectivity index (χ1v) is 10.7. The maximum Gasteiger partial charge on any atom is 0.319 e. The molecule has 1 saturated heterocycles. The van der Waals surface area contributed by atoms with Crippen LogP contribution in [0.5, 0.6) is 11.9 Å². The second-order valence-corrected chi connectivity index (χ2v) is 8.20. The SMILES string of the molecule is COc1nc2c(c(OC[C@@H]3CCCN3C)n1)CCN(c1cccc3ccccc13)C2. The predicted molar refractivity (Wildman–Crippen MR) is 118 cm³/mol. The van der Waals surface area contributed by atoms with E-state index in [2.05, 4.69) is 69.3 Å². The molecule has 0 radical (unpaired) electrons. The van der Waals surface area contributed by atoms with Gasteiger partial charge in [0.15, 0.2) is 0 Å². The lowest BCUT2D eigenvalue weighted by atomic mass is 10.0. The van der Waals surface area contributed by atoms with Crippen LogP contribution in [-0.4, -0.2) is 54.8 Å². The Kier molecular flexibility index (Phi) is 5.17. The van der Waals surface area contributed by atoms with Crippen LogP contribution in [0.3, 0.4) is 0 Å². The molecule has 3 heterocycles. The fourth-order valence-corrected chi connectivity index (χ4v) is 4.64. The number of hydrogen-bond donors (Lipinski definition) is 0. The summed E-state index contributed by atoms with van der Waals surface area (Å²) in [5.74, 6) is 0.690. The van der Waals surface area contributed by atoms with Gasteiger partial charge in [0, 0.05) is 29.2 Å². The summed E-state index contributed by atoms with van der Waals surface area (Å²) in [6.45, 7) is 3.44. The zero-order valence-electron chi connectivity index (χ0n) is 17.7. The monoisotopic (exact) mass is 404 g/mol. The molecular formula is C24H28N4O2. The van der Waals surface area contributed by atoms with E-state index in [4.69, 9.17) is 9.47 Å². The summed E-state index contributed by atoms with van der Waals surface area (Å²) in [6.07, 6.45) is 3.27. The highest BCUT2D eigenvalue weighted by Crippen LogP contribution is 2.33. The lowest BCUT2D eigenvalue weighted by Crippen LogP contribution is -2.33. The predicted octanol–water partition coefficient (Wildman–Crippen LogP) is 3.67. The first kappa shape index (κ1) is 19.1. The van der Waals surface area contributed by atoms with Crippen molar-refractivity contribution in [3.05, 3.63) is 53.7 Å². The van der Waals surface area contributed by atoms with Crippen LogP contribution in [-0.2, 0) is 13.0 Å². The number of aromatic nitrogens is 2. The highest BCUT2D eigenvalue weighted by Gasteiger charge is 2.27. The number of rotatable bonds is 5. The fraction of sp³-hybridized carbons (Fsp3) is 0.417. The minimum absolute atomic E-state index is 0.378. The molecule has 0 saturated carbocycles. The largest absolute Gasteiger partial charge is 0.476 e. The number of likely N-dealkylation sites (tertiary alicyclic amines) is 1. The third-order valence-electron chi connectivity index (χ3n) is 6.38. The van der Waals surface area contributed by atoms with Crippen molar-refractivity contribution in [2.24, 2.45) is 0 Å². The molecule has 0 N–H and O–H groups in total. The summed E-state index contributed by atoms with van der Waals surface area (Å²) in [4.78, 5) is 14.0. The number of benzene rings is 2. The average Bonchev–Trinajstić information content (AvgIpc) is 3.21. The molecule has 0 bridgehead atoms.